The van der Waals surface area contributed by atoms with Gasteiger partial charge in [-0.15, -0.1) is 0 Å². The van der Waals surface area contributed by atoms with Crippen LogP contribution in [0.25, 0.3) is 0 Å². The van der Waals surface area contributed by atoms with Crippen molar-refractivity contribution in [1.82, 2.24) is 5.32 Å². The molecule has 2 heteroatoms. The minimum atomic E-state index is 0.561. The molecule has 1 N–H and O–H groups in total. The van der Waals surface area contributed by atoms with Gasteiger partial charge in [-0.1, -0.05) is 12.8 Å². The highest BCUT2D eigenvalue weighted by molar-refractivity contribution is 4.80. The van der Waals surface area contributed by atoms with Crippen molar-refractivity contribution < 1.29 is 4.74 Å². The van der Waals surface area contributed by atoms with E-state index >= 15 is 0 Å². The molecule has 16 heavy (non-hydrogen) atoms. The summed E-state index contributed by atoms with van der Waals surface area (Å²) in [5, 5.41) is 3.53. The van der Waals surface area contributed by atoms with Gasteiger partial charge >= 0.3 is 0 Å². The average Bonchev–Trinajstić information content (AvgIpc) is 2.85. The lowest BCUT2D eigenvalue weighted by atomic mass is 9.92. The summed E-state index contributed by atoms with van der Waals surface area (Å²) in [6.45, 7) is 0.998. The lowest BCUT2D eigenvalue weighted by molar-refractivity contribution is 0.00768. The van der Waals surface area contributed by atoms with Crippen LogP contribution in [-0.2, 0) is 4.74 Å². The van der Waals surface area contributed by atoms with E-state index in [1.165, 1.54) is 57.8 Å². The zero-order chi connectivity index (χ0) is 11.2. The van der Waals surface area contributed by atoms with Crippen LogP contribution in [0.5, 0.6) is 0 Å². The second-order valence-electron chi connectivity index (χ2n) is 5.51. The molecule has 2 atom stereocenters. The summed E-state index contributed by atoms with van der Waals surface area (Å²) < 4.78 is 5.81. The minimum Gasteiger partial charge on any atom is -0.378 e. The Hall–Kier alpha value is -0.0800. The summed E-state index contributed by atoms with van der Waals surface area (Å²) in [6.07, 6.45) is 12.9. The smallest absolute Gasteiger partial charge is 0.0575 e. The lowest BCUT2D eigenvalue weighted by Crippen LogP contribution is -2.33. The molecule has 2 nitrogen and oxygen atoms in total. The first-order valence-corrected chi connectivity index (χ1v) is 7.19. The van der Waals surface area contributed by atoms with Crippen molar-refractivity contribution in [2.24, 2.45) is 5.92 Å². The summed E-state index contributed by atoms with van der Waals surface area (Å²) in [5.41, 5.74) is 0. The number of ether oxygens (including phenoxy) is 1. The van der Waals surface area contributed by atoms with Crippen molar-refractivity contribution in [2.45, 2.75) is 69.9 Å². The van der Waals surface area contributed by atoms with Gasteiger partial charge in [0.25, 0.3) is 0 Å². The highest BCUT2D eigenvalue weighted by Crippen LogP contribution is 2.30. The Morgan fingerprint density at radius 1 is 1.12 bits per heavy atom. The third kappa shape index (κ3) is 3.46. The average molecular weight is 225 g/mol. The van der Waals surface area contributed by atoms with Crippen LogP contribution in [0.3, 0.4) is 0 Å². The number of hydrogen-bond donors (Lipinski definition) is 1. The van der Waals surface area contributed by atoms with Crippen LogP contribution in [0, 0.1) is 5.92 Å². The van der Waals surface area contributed by atoms with Crippen LogP contribution < -0.4 is 5.32 Å². The lowest BCUT2D eigenvalue weighted by Gasteiger charge is -2.27. The molecule has 94 valence electrons. The molecule has 0 amide bonds. The van der Waals surface area contributed by atoms with Gasteiger partial charge in [-0.3, -0.25) is 0 Å². The first-order valence-electron chi connectivity index (χ1n) is 7.19. The molecule has 1 aliphatic heterocycles. The molecular formula is C14H27NO. The largest absolute Gasteiger partial charge is 0.378 e. The maximum Gasteiger partial charge on any atom is 0.0575 e. The van der Waals surface area contributed by atoms with Gasteiger partial charge in [0.2, 0.25) is 0 Å². The number of rotatable bonds is 5. The summed E-state index contributed by atoms with van der Waals surface area (Å²) >= 11 is 0. The zero-order valence-corrected chi connectivity index (χ0v) is 10.7. The van der Waals surface area contributed by atoms with E-state index in [2.05, 4.69) is 12.4 Å². The first kappa shape index (κ1) is 12.4. The van der Waals surface area contributed by atoms with Crippen molar-refractivity contribution in [3.63, 3.8) is 0 Å². The standard InChI is InChI=1S/C14H27NO/c1-15-14(12-6-2-3-7-12)10-9-13-8-4-5-11-16-13/h12-15H,2-11H2,1H3. The van der Waals surface area contributed by atoms with Gasteiger partial charge < -0.3 is 10.1 Å². The van der Waals surface area contributed by atoms with Crippen LogP contribution in [-0.4, -0.2) is 25.8 Å². The van der Waals surface area contributed by atoms with Gasteiger partial charge in [-0.2, -0.15) is 0 Å². The van der Waals surface area contributed by atoms with E-state index in [0.717, 1.165) is 18.6 Å². The summed E-state index contributed by atoms with van der Waals surface area (Å²) in [5.74, 6) is 0.939. The second-order valence-corrected chi connectivity index (χ2v) is 5.51. The SMILES string of the molecule is CNC(CCC1CCCCO1)C1CCCC1. The molecule has 0 bridgehead atoms. The molecule has 2 aliphatic rings. The molecule has 2 unspecified atom stereocenters. The topological polar surface area (TPSA) is 21.3 Å². The van der Waals surface area contributed by atoms with Gasteiger partial charge in [0.15, 0.2) is 0 Å². The van der Waals surface area contributed by atoms with Crippen LogP contribution in [0.4, 0.5) is 0 Å². The van der Waals surface area contributed by atoms with E-state index in [9.17, 15) is 0 Å². The molecule has 1 heterocycles. The first-order chi connectivity index (χ1) is 7.90. The summed E-state index contributed by atoms with van der Waals surface area (Å²) in [6, 6.07) is 0.744. The van der Waals surface area contributed by atoms with Crippen LogP contribution >= 0.6 is 0 Å². The van der Waals surface area contributed by atoms with Crippen molar-refractivity contribution >= 4 is 0 Å². The van der Waals surface area contributed by atoms with Gasteiger partial charge in [0.1, 0.15) is 0 Å². The molecule has 0 radical (unpaired) electrons. The predicted molar refractivity (Wildman–Crippen MR) is 67.6 cm³/mol. The van der Waals surface area contributed by atoms with Crippen molar-refractivity contribution in [3.8, 4) is 0 Å². The van der Waals surface area contributed by atoms with Crippen LogP contribution in [0.1, 0.15) is 57.8 Å². The van der Waals surface area contributed by atoms with E-state index < -0.39 is 0 Å². The van der Waals surface area contributed by atoms with E-state index in [1.807, 2.05) is 0 Å². The maximum absolute atomic E-state index is 5.81. The molecule has 2 rings (SSSR count). The third-order valence-corrected chi connectivity index (χ3v) is 4.41. The maximum atomic E-state index is 5.81. The fourth-order valence-corrected chi connectivity index (χ4v) is 3.38. The molecule has 1 saturated carbocycles. The van der Waals surface area contributed by atoms with Crippen molar-refractivity contribution in [2.75, 3.05) is 13.7 Å². The Bertz CT molecular complexity index is 183. The molecule has 0 aromatic carbocycles. The van der Waals surface area contributed by atoms with Gasteiger partial charge in [-0.05, 0) is 57.9 Å². The monoisotopic (exact) mass is 225 g/mol. The Morgan fingerprint density at radius 3 is 2.50 bits per heavy atom. The normalized spacial score (nSPS) is 29.4. The zero-order valence-electron chi connectivity index (χ0n) is 10.7. The highest BCUT2D eigenvalue weighted by atomic mass is 16.5. The molecule has 0 aromatic heterocycles. The summed E-state index contributed by atoms with van der Waals surface area (Å²) in [7, 11) is 2.13. The van der Waals surface area contributed by atoms with Gasteiger partial charge in [0, 0.05) is 12.6 Å². The van der Waals surface area contributed by atoms with Crippen molar-refractivity contribution in [1.29, 1.82) is 0 Å². The molecular weight excluding hydrogens is 198 g/mol. The third-order valence-electron chi connectivity index (χ3n) is 4.41. The second kappa shape index (κ2) is 6.61. The Labute approximate surface area is 100 Å². The van der Waals surface area contributed by atoms with E-state index in [0.29, 0.717) is 6.10 Å². The van der Waals surface area contributed by atoms with Crippen LogP contribution in [0.15, 0.2) is 0 Å². The molecule has 0 aromatic rings. The van der Waals surface area contributed by atoms with Gasteiger partial charge in [-0.25, -0.2) is 0 Å². The predicted octanol–water partition coefficient (Wildman–Crippen LogP) is 3.11. The number of nitrogens with one attached hydrogen (secondary N) is 1. The van der Waals surface area contributed by atoms with Gasteiger partial charge in [0.05, 0.1) is 6.10 Å². The quantitative estimate of drug-likeness (QED) is 0.776. The van der Waals surface area contributed by atoms with E-state index in [1.54, 1.807) is 0 Å². The number of hydrogen-bond acceptors (Lipinski definition) is 2. The summed E-state index contributed by atoms with van der Waals surface area (Å²) in [4.78, 5) is 0. The Balaban J connectivity index is 1.69. The molecule has 1 aliphatic carbocycles. The Morgan fingerprint density at radius 2 is 1.88 bits per heavy atom. The molecule has 2 fully saturated rings. The van der Waals surface area contributed by atoms with Crippen molar-refractivity contribution in [3.05, 3.63) is 0 Å². The Kier molecular flexibility index (Phi) is 5.11. The van der Waals surface area contributed by atoms with E-state index in [-0.39, 0.29) is 0 Å². The minimum absolute atomic E-state index is 0.561. The fourth-order valence-electron chi connectivity index (χ4n) is 3.38. The molecule has 0 spiro atoms. The molecule has 1 saturated heterocycles. The highest BCUT2D eigenvalue weighted by Gasteiger charge is 2.24. The fraction of sp³-hybridized carbons (Fsp3) is 1.00. The van der Waals surface area contributed by atoms with Crippen LogP contribution in [0.2, 0.25) is 0 Å². The van der Waals surface area contributed by atoms with E-state index in [4.69, 9.17) is 4.74 Å².